The lowest BCUT2D eigenvalue weighted by Crippen LogP contribution is -2.01. The highest BCUT2D eigenvalue weighted by molar-refractivity contribution is 5.60. The van der Waals surface area contributed by atoms with Crippen LogP contribution in [0.15, 0.2) is 6.20 Å². The first kappa shape index (κ1) is 7.79. The van der Waals surface area contributed by atoms with Gasteiger partial charge in [-0.1, -0.05) is 0 Å². The van der Waals surface area contributed by atoms with E-state index in [2.05, 4.69) is 22.3 Å². The second-order valence-corrected chi connectivity index (χ2v) is 3.76. The SMILES string of the molecule is Cc1nc2c(C)cnn2c2c1CCN2. The maximum atomic E-state index is 4.57. The first-order valence-corrected chi connectivity index (χ1v) is 4.85. The highest BCUT2D eigenvalue weighted by Gasteiger charge is 2.18. The molecule has 2 aromatic heterocycles. The Morgan fingerprint density at radius 2 is 2.29 bits per heavy atom. The lowest BCUT2D eigenvalue weighted by atomic mass is 10.2. The predicted molar refractivity (Wildman–Crippen MR) is 54.7 cm³/mol. The van der Waals surface area contributed by atoms with Crippen LogP contribution in [-0.2, 0) is 6.42 Å². The molecule has 4 nitrogen and oxygen atoms in total. The maximum Gasteiger partial charge on any atom is 0.160 e. The second kappa shape index (κ2) is 2.47. The molecule has 0 amide bonds. The van der Waals surface area contributed by atoms with E-state index in [4.69, 9.17) is 0 Å². The quantitative estimate of drug-likeness (QED) is 0.678. The van der Waals surface area contributed by atoms with Crippen molar-refractivity contribution in [3.8, 4) is 0 Å². The molecule has 14 heavy (non-hydrogen) atoms. The topological polar surface area (TPSA) is 42.2 Å². The average molecular weight is 188 g/mol. The van der Waals surface area contributed by atoms with Gasteiger partial charge in [-0.3, -0.25) is 0 Å². The third-order valence-electron chi connectivity index (χ3n) is 2.80. The van der Waals surface area contributed by atoms with Gasteiger partial charge in [0.05, 0.1) is 6.20 Å². The Bertz CT molecular complexity index is 512. The number of nitrogens with one attached hydrogen (secondary N) is 1. The van der Waals surface area contributed by atoms with Crippen molar-refractivity contribution < 1.29 is 0 Å². The summed E-state index contributed by atoms with van der Waals surface area (Å²) in [6.45, 7) is 5.10. The number of aromatic nitrogens is 3. The number of anilines is 1. The maximum absolute atomic E-state index is 4.57. The summed E-state index contributed by atoms with van der Waals surface area (Å²) in [5.74, 6) is 1.13. The van der Waals surface area contributed by atoms with Gasteiger partial charge in [-0.05, 0) is 20.3 Å². The Morgan fingerprint density at radius 1 is 1.43 bits per heavy atom. The van der Waals surface area contributed by atoms with Gasteiger partial charge in [0.2, 0.25) is 0 Å². The zero-order chi connectivity index (χ0) is 9.71. The minimum absolute atomic E-state index is 0.968. The fraction of sp³-hybridized carbons (Fsp3) is 0.400. The molecule has 0 aromatic carbocycles. The van der Waals surface area contributed by atoms with Crippen LogP contribution in [0.25, 0.3) is 5.65 Å². The molecule has 72 valence electrons. The van der Waals surface area contributed by atoms with Crippen LogP contribution < -0.4 is 5.32 Å². The van der Waals surface area contributed by atoms with Crippen molar-refractivity contribution in [3.63, 3.8) is 0 Å². The molecule has 0 aliphatic carbocycles. The second-order valence-electron chi connectivity index (χ2n) is 3.76. The van der Waals surface area contributed by atoms with E-state index in [0.717, 1.165) is 35.7 Å². The highest BCUT2D eigenvalue weighted by Crippen LogP contribution is 2.25. The van der Waals surface area contributed by atoms with Crippen molar-refractivity contribution in [2.75, 3.05) is 11.9 Å². The molecule has 0 spiro atoms. The van der Waals surface area contributed by atoms with E-state index in [0.29, 0.717) is 0 Å². The normalized spacial score (nSPS) is 14.4. The number of fused-ring (bicyclic) bond motifs is 3. The van der Waals surface area contributed by atoms with Crippen molar-refractivity contribution in [2.24, 2.45) is 0 Å². The summed E-state index contributed by atoms with van der Waals surface area (Å²) in [5, 5.41) is 7.68. The molecule has 0 fully saturated rings. The standard InChI is InChI=1S/C10H12N4/c1-6-5-12-14-9(6)13-7(2)8-3-4-11-10(8)14/h5,11H,3-4H2,1-2H3. The van der Waals surface area contributed by atoms with Crippen molar-refractivity contribution in [1.82, 2.24) is 14.6 Å². The predicted octanol–water partition coefficient (Wildman–Crippen LogP) is 1.31. The Balaban J connectivity index is 2.47. The fourth-order valence-corrected chi connectivity index (χ4v) is 2.04. The molecule has 4 heteroatoms. The molecule has 1 aliphatic heterocycles. The molecule has 0 saturated heterocycles. The Hall–Kier alpha value is -1.58. The first-order chi connectivity index (χ1) is 6.77. The monoisotopic (exact) mass is 188 g/mol. The number of hydrogen-bond donors (Lipinski definition) is 1. The van der Waals surface area contributed by atoms with Gasteiger partial charge in [0.1, 0.15) is 5.82 Å². The number of rotatable bonds is 0. The van der Waals surface area contributed by atoms with Crippen LogP contribution in [0, 0.1) is 13.8 Å². The molecular weight excluding hydrogens is 176 g/mol. The molecule has 0 saturated carbocycles. The van der Waals surface area contributed by atoms with Gasteiger partial charge >= 0.3 is 0 Å². The van der Waals surface area contributed by atoms with Crippen molar-refractivity contribution in [1.29, 1.82) is 0 Å². The van der Waals surface area contributed by atoms with Gasteiger partial charge in [-0.2, -0.15) is 9.61 Å². The van der Waals surface area contributed by atoms with E-state index in [1.165, 1.54) is 5.56 Å². The van der Waals surface area contributed by atoms with Crippen LogP contribution in [0.4, 0.5) is 5.82 Å². The van der Waals surface area contributed by atoms with Gasteiger partial charge in [0, 0.05) is 23.4 Å². The number of aryl methyl sites for hydroxylation is 2. The van der Waals surface area contributed by atoms with Crippen molar-refractivity contribution in [3.05, 3.63) is 23.0 Å². The molecule has 3 heterocycles. The Kier molecular flexibility index (Phi) is 1.37. The summed E-state index contributed by atoms with van der Waals surface area (Å²) in [4.78, 5) is 4.57. The number of hydrogen-bond acceptors (Lipinski definition) is 3. The molecule has 2 aromatic rings. The van der Waals surface area contributed by atoms with Crippen molar-refractivity contribution in [2.45, 2.75) is 20.3 Å². The third kappa shape index (κ3) is 0.828. The summed E-state index contributed by atoms with van der Waals surface area (Å²) >= 11 is 0. The molecule has 1 N–H and O–H groups in total. The Morgan fingerprint density at radius 3 is 3.14 bits per heavy atom. The highest BCUT2D eigenvalue weighted by atomic mass is 15.3. The smallest absolute Gasteiger partial charge is 0.160 e. The van der Waals surface area contributed by atoms with Crippen molar-refractivity contribution >= 4 is 11.5 Å². The molecule has 0 bridgehead atoms. The van der Waals surface area contributed by atoms with Crippen LogP contribution in [0.5, 0.6) is 0 Å². The van der Waals surface area contributed by atoms with Gasteiger partial charge in [-0.15, -0.1) is 0 Å². The molecule has 0 unspecified atom stereocenters. The van der Waals surface area contributed by atoms with Crippen LogP contribution in [0.1, 0.15) is 16.8 Å². The summed E-state index contributed by atoms with van der Waals surface area (Å²) in [6, 6.07) is 0. The third-order valence-corrected chi connectivity index (χ3v) is 2.80. The summed E-state index contributed by atoms with van der Waals surface area (Å²) < 4.78 is 1.91. The lowest BCUT2D eigenvalue weighted by molar-refractivity contribution is 0.932. The molecule has 1 aliphatic rings. The van der Waals surface area contributed by atoms with E-state index < -0.39 is 0 Å². The first-order valence-electron chi connectivity index (χ1n) is 4.85. The van der Waals surface area contributed by atoms with Crippen LogP contribution in [-0.4, -0.2) is 21.1 Å². The van der Waals surface area contributed by atoms with E-state index in [9.17, 15) is 0 Å². The van der Waals surface area contributed by atoms with E-state index in [1.807, 2.05) is 17.6 Å². The van der Waals surface area contributed by atoms with Gasteiger partial charge in [0.25, 0.3) is 0 Å². The van der Waals surface area contributed by atoms with Crippen LogP contribution in [0.3, 0.4) is 0 Å². The van der Waals surface area contributed by atoms with E-state index >= 15 is 0 Å². The average Bonchev–Trinajstić information content (AvgIpc) is 2.74. The Labute approximate surface area is 82.0 Å². The van der Waals surface area contributed by atoms with Gasteiger partial charge < -0.3 is 5.32 Å². The minimum Gasteiger partial charge on any atom is -0.369 e. The van der Waals surface area contributed by atoms with E-state index in [1.54, 1.807) is 0 Å². The van der Waals surface area contributed by atoms with Gasteiger partial charge in [-0.25, -0.2) is 4.98 Å². The summed E-state index contributed by atoms with van der Waals surface area (Å²) in [5.41, 5.74) is 4.53. The molecule has 3 rings (SSSR count). The van der Waals surface area contributed by atoms with Crippen LogP contribution >= 0.6 is 0 Å². The zero-order valence-electron chi connectivity index (χ0n) is 8.33. The largest absolute Gasteiger partial charge is 0.369 e. The fourth-order valence-electron chi connectivity index (χ4n) is 2.04. The number of nitrogens with zero attached hydrogens (tertiary/aromatic N) is 3. The van der Waals surface area contributed by atoms with Crippen LogP contribution in [0.2, 0.25) is 0 Å². The van der Waals surface area contributed by atoms with E-state index in [-0.39, 0.29) is 0 Å². The minimum atomic E-state index is 0.968. The summed E-state index contributed by atoms with van der Waals surface area (Å²) in [7, 11) is 0. The molecular formula is C10H12N4. The zero-order valence-corrected chi connectivity index (χ0v) is 8.33. The summed E-state index contributed by atoms with van der Waals surface area (Å²) in [6.07, 6.45) is 2.92. The lowest BCUT2D eigenvalue weighted by Gasteiger charge is -2.05. The molecule has 0 radical (unpaired) electrons. The molecule has 0 atom stereocenters. The van der Waals surface area contributed by atoms with Gasteiger partial charge in [0.15, 0.2) is 5.65 Å².